The Labute approximate surface area is 565 Å². The number of aliphatic hydroxyl groups is 8. The standard InChI is InChI=1S/C78H153NO13/c1-3-5-7-9-11-13-15-17-19-21-23-25-27-29-31-33-34-36-38-40-42-44-46-48-50-52-54-56-58-60-62-70(83)79-66(65-89-77-75(88)73(86)76(69(64-81)91-77)92-78-74(87)72(85)71(84)68(63-80)90-78)67(82)61-59-57-55-53-51-49-47-45-43-41-39-37-35-32-30-28-26-24-22-20-18-16-14-12-10-8-6-4-2/h66-69,71-78,80-82,84-88H,3-65H2,1-2H3,(H,79,83). The molecule has 1 amide bonds. The van der Waals surface area contributed by atoms with Crippen LogP contribution in [-0.4, -0.2) is 140 Å². The van der Waals surface area contributed by atoms with Crippen LogP contribution in [0.3, 0.4) is 0 Å². The fourth-order valence-electron chi connectivity index (χ4n) is 14.0. The number of ether oxygens (including phenoxy) is 4. The smallest absolute Gasteiger partial charge is 0.220 e. The van der Waals surface area contributed by atoms with Crippen molar-refractivity contribution in [3.05, 3.63) is 0 Å². The summed E-state index contributed by atoms with van der Waals surface area (Å²) < 4.78 is 23.0. The molecule has 2 saturated heterocycles. The SMILES string of the molecule is CCCCCCCCCCCCCCCCCCCCCCCCCCCCCCCCC(=O)NC(COC1OC(CO)C(OC2OC(CO)C(O)C(O)C2O)C(O)C1O)C(O)CCCCCCCCCCCCCCCCCCCCCCCCCCCCCC. The summed E-state index contributed by atoms with van der Waals surface area (Å²) in [6.45, 7) is 2.95. The average Bonchev–Trinajstić information content (AvgIpc) is 0.836. The molecular weight excluding hydrogens is 1160 g/mol. The van der Waals surface area contributed by atoms with Gasteiger partial charge in [0.1, 0.15) is 48.8 Å². The summed E-state index contributed by atoms with van der Waals surface area (Å²) in [5.41, 5.74) is 0. The Morgan fingerprint density at radius 3 is 0.924 bits per heavy atom. The van der Waals surface area contributed by atoms with Crippen molar-refractivity contribution in [1.29, 1.82) is 0 Å². The number of carbonyl (C=O) groups is 1. The predicted octanol–water partition coefficient (Wildman–Crippen LogP) is 17.9. The Bertz CT molecular complexity index is 1550. The minimum atomic E-state index is -1.78. The van der Waals surface area contributed by atoms with Gasteiger partial charge in [0.15, 0.2) is 12.6 Å². The number of unbranched alkanes of at least 4 members (excludes halogenated alkanes) is 56. The number of nitrogens with one attached hydrogen (secondary N) is 1. The zero-order chi connectivity index (χ0) is 66.6. The van der Waals surface area contributed by atoms with E-state index in [1.807, 2.05) is 0 Å². The van der Waals surface area contributed by atoms with E-state index in [0.29, 0.717) is 12.8 Å². The van der Waals surface area contributed by atoms with Gasteiger partial charge in [-0.2, -0.15) is 0 Å². The van der Waals surface area contributed by atoms with Crippen LogP contribution in [0.5, 0.6) is 0 Å². The molecular formula is C78H153NO13. The van der Waals surface area contributed by atoms with E-state index in [9.17, 15) is 45.6 Å². The van der Waals surface area contributed by atoms with Crippen molar-refractivity contribution in [3.63, 3.8) is 0 Å². The minimum Gasteiger partial charge on any atom is -0.394 e. The molecule has 12 unspecified atom stereocenters. The van der Waals surface area contributed by atoms with Crippen LogP contribution in [0.15, 0.2) is 0 Å². The molecule has 2 heterocycles. The van der Waals surface area contributed by atoms with Gasteiger partial charge in [-0.1, -0.05) is 380 Å². The van der Waals surface area contributed by atoms with Gasteiger partial charge in [0.25, 0.3) is 0 Å². The Balaban J connectivity index is 1.60. The lowest BCUT2D eigenvalue weighted by molar-refractivity contribution is -0.359. The number of hydrogen-bond donors (Lipinski definition) is 9. The highest BCUT2D eigenvalue weighted by Crippen LogP contribution is 2.31. The second-order valence-corrected chi connectivity index (χ2v) is 28.9. The Morgan fingerprint density at radius 1 is 0.348 bits per heavy atom. The molecule has 14 nitrogen and oxygen atoms in total. The first kappa shape index (κ1) is 87.1. The van der Waals surface area contributed by atoms with Crippen LogP contribution in [0.4, 0.5) is 0 Å². The zero-order valence-electron chi connectivity index (χ0n) is 60.1. The van der Waals surface area contributed by atoms with Gasteiger partial charge >= 0.3 is 0 Å². The molecule has 0 bridgehead atoms. The lowest BCUT2D eigenvalue weighted by atomic mass is 9.97. The maximum atomic E-state index is 13.4. The number of carbonyl (C=O) groups excluding carboxylic acids is 1. The van der Waals surface area contributed by atoms with E-state index in [1.165, 1.54) is 321 Å². The van der Waals surface area contributed by atoms with E-state index >= 15 is 0 Å². The minimum absolute atomic E-state index is 0.195. The van der Waals surface area contributed by atoms with Crippen molar-refractivity contribution in [2.24, 2.45) is 0 Å². The number of hydrogen-bond acceptors (Lipinski definition) is 13. The van der Waals surface area contributed by atoms with E-state index in [4.69, 9.17) is 18.9 Å². The van der Waals surface area contributed by atoms with Gasteiger partial charge in [-0.05, 0) is 12.8 Å². The molecule has 0 spiro atoms. The van der Waals surface area contributed by atoms with Crippen molar-refractivity contribution in [1.82, 2.24) is 5.32 Å². The molecule has 12 atom stereocenters. The topological polar surface area (TPSA) is 228 Å². The molecule has 2 aliphatic heterocycles. The summed E-state index contributed by atoms with van der Waals surface area (Å²) in [6.07, 6.45) is 61.5. The van der Waals surface area contributed by atoms with Crippen LogP contribution in [-0.2, 0) is 23.7 Å². The number of rotatable bonds is 69. The molecule has 0 aliphatic carbocycles. The van der Waals surface area contributed by atoms with Gasteiger partial charge in [-0.3, -0.25) is 4.79 Å². The first-order valence-electron chi connectivity index (χ1n) is 40.3. The average molecular weight is 1310 g/mol. The highest BCUT2D eigenvalue weighted by atomic mass is 16.7. The molecule has 2 rings (SSSR count). The van der Waals surface area contributed by atoms with E-state index < -0.39 is 86.8 Å². The normalized spacial score (nSPS) is 22.5. The molecule has 9 N–H and O–H groups in total. The van der Waals surface area contributed by atoms with Crippen LogP contribution in [0, 0.1) is 0 Å². The van der Waals surface area contributed by atoms with Crippen LogP contribution >= 0.6 is 0 Å². The van der Waals surface area contributed by atoms with Gasteiger partial charge < -0.3 is 65.1 Å². The Kier molecular flexibility index (Phi) is 60.0. The Hall–Kier alpha value is -1.01. The first-order valence-corrected chi connectivity index (χ1v) is 40.3. The molecule has 0 aromatic rings. The largest absolute Gasteiger partial charge is 0.394 e. The molecule has 0 radical (unpaired) electrons. The summed E-state index contributed by atoms with van der Waals surface area (Å²) in [6, 6.07) is -0.825. The maximum Gasteiger partial charge on any atom is 0.220 e. The van der Waals surface area contributed by atoms with E-state index in [-0.39, 0.29) is 12.5 Å². The van der Waals surface area contributed by atoms with Crippen molar-refractivity contribution < 1.29 is 64.6 Å². The lowest BCUT2D eigenvalue weighted by Crippen LogP contribution is -2.65. The number of aliphatic hydroxyl groups excluding tert-OH is 8. The summed E-state index contributed by atoms with van der Waals surface area (Å²) >= 11 is 0. The van der Waals surface area contributed by atoms with Crippen LogP contribution in [0.1, 0.15) is 399 Å². The molecule has 92 heavy (non-hydrogen) atoms. The van der Waals surface area contributed by atoms with Crippen molar-refractivity contribution in [2.45, 2.75) is 473 Å². The maximum absolute atomic E-state index is 13.4. The highest BCUT2D eigenvalue weighted by Gasteiger charge is 2.51. The second kappa shape index (κ2) is 63.4. The van der Waals surface area contributed by atoms with Crippen molar-refractivity contribution in [2.75, 3.05) is 19.8 Å². The van der Waals surface area contributed by atoms with Crippen molar-refractivity contribution in [3.8, 4) is 0 Å². The third-order valence-corrected chi connectivity index (χ3v) is 20.3. The monoisotopic (exact) mass is 1310 g/mol. The third-order valence-electron chi connectivity index (χ3n) is 20.3. The molecule has 2 fully saturated rings. The number of amides is 1. The van der Waals surface area contributed by atoms with Crippen LogP contribution in [0.2, 0.25) is 0 Å². The highest BCUT2D eigenvalue weighted by molar-refractivity contribution is 5.76. The van der Waals surface area contributed by atoms with Gasteiger partial charge in [0, 0.05) is 6.42 Å². The Morgan fingerprint density at radius 2 is 0.620 bits per heavy atom. The fraction of sp³-hybridized carbons (Fsp3) is 0.987. The zero-order valence-corrected chi connectivity index (χ0v) is 60.1. The van der Waals surface area contributed by atoms with E-state index in [1.54, 1.807) is 0 Å². The fourth-order valence-corrected chi connectivity index (χ4v) is 14.0. The van der Waals surface area contributed by atoms with Crippen molar-refractivity contribution >= 4 is 5.91 Å². The quantitative estimate of drug-likeness (QED) is 0.0259. The van der Waals surface area contributed by atoms with Gasteiger partial charge in [0.2, 0.25) is 5.91 Å². The predicted molar refractivity (Wildman–Crippen MR) is 379 cm³/mol. The molecule has 0 aromatic heterocycles. The summed E-state index contributed by atoms with van der Waals surface area (Å²) in [7, 11) is 0. The molecule has 0 aromatic carbocycles. The first-order chi connectivity index (χ1) is 45.1. The van der Waals surface area contributed by atoms with Crippen LogP contribution < -0.4 is 5.32 Å². The lowest BCUT2D eigenvalue weighted by Gasteiger charge is -2.46. The van der Waals surface area contributed by atoms with E-state index in [0.717, 1.165) is 51.4 Å². The summed E-state index contributed by atoms with van der Waals surface area (Å²) in [5, 5.41) is 87.9. The van der Waals surface area contributed by atoms with Gasteiger partial charge in [-0.25, -0.2) is 0 Å². The summed E-state index contributed by atoms with van der Waals surface area (Å²) in [5.74, 6) is -0.195. The van der Waals surface area contributed by atoms with Gasteiger partial charge in [0.05, 0.1) is 32.0 Å². The molecule has 14 heteroatoms. The third kappa shape index (κ3) is 46.3. The molecule has 2 aliphatic rings. The second-order valence-electron chi connectivity index (χ2n) is 28.9. The molecule has 548 valence electrons. The summed E-state index contributed by atoms with van der Waals surface area (Å²) in [4.78, 5) is 13.4. The molecule has 0 saturated carbocycles. The van der Waals surface area contributed by atoms with Crippen LogP contribution in [0.25, 0.3) is 0 Å². The van der Waals surface area contributed by atoms with E-state index in [2.05, 4.69) is 19.2 Å². The van der Waals surface area contributed by atoms with Gasteiger partial charge in [-0.15, -0.1) is 0 Å².